The normalized spacial score (nSPS) is 16.5. The van der Waals surface area contributed by atoms with Crippen LogP contribution in [0.4, 0.5) is 24.9 Å². The number of alkyl halides is 3. The predicted molar refractivity (Wildman–Crippen MR) is 121 cm³/mol. The number of hydrogen-bond acceptors (Lipinski definition) is 7. The Kier molecular flexibility index (Phi) is 6.36. The number of nitrogens with one attached hydrogen (secondary N) is 1. The van der Waals surface area contributed by atoms with Crippen molar-refractivity contribution in [3.63, 3.8) is 0 Å². The molecule has 1 aliphatic rings. The molecule has 0 aliphatic carbocycles. The summed E-state index contributed by atoms with van der Waals surface area (Å²) >= 11 is 0. The highest BCUT2D eigenvalue weighted by Crippen LogP contribution is 2.30. The summed E-state index contributed by atoms with van der Waals surface area (Å²) in [4.78, 5) is 15.1. The van der Waals surface area contributed by atoms with Crippen molar-refractivity contribution in [2.75, 3.05) is 38.2 Å². The van der Waals surface area contributed by atoms with E-state index < -0.39 is 19.1 Å². The third-order valence-electron chi connectivity index (χ3n) is 5.48. The van der Waals surface area contributed by atoms with Crippen LogP contribution in [0.1, 0.15) is 12.2 Å². The van der Waals surface area contributed by atoms with Crippen LogP contribution < -0.4 is 11.1 Å². The Morgan fingerprint density at radius 1 is 1.21 bits per heavy atom. The first-order valence-corrected chi connectivity index (χ1v) is 10.5. The highest BCUT2D eigenvalue weighted by atomic mass is 19.3. The Hall–Kier alpha value is -3.41. The number of aromatic nitrogens is 6. The Bertz CT molecular complexity index is 1260. The van der Waals surface area contributed by atoms with Gasteiger partial charge in [0.15, 0.2) is 11.5 Å². The SMILES string of the molecule is CN1CC[C@H](F)C1.CNc1nc(N)nn2ccc(-c3ccc4nc(C)n(CC(F)F)c4n3)c12. The Morgan fingerprint density at radius 3 is 2.61 bits per heavy atom. The third-order valence-corrected chi connectivity index (χ3v) is 5.48. The lowest BCUT2D eigenvalue weighted by atomic mass is 10.2. The second-order valence-corrected chi connectivity index (χ2v) is 7.94. The standard InChI is InChI=1S/C16H16F2N8.C5H10FN/c1-8-21-11-4-3-10(22-15(11)25(8)7-12(17)18)9-5-6-26-13(9)14(20-2)23-16(19)24-26;1-7-3-2-5(6)4-7/h3-6,12H,7H2,1-2H3,(H3,19,20,23,24);5H,2-4H2,1H3/t;5-/m.0/s1. The number of imidazole rings is 1. The Morgan fingerprint density at radius 2 is 2.00 bits per heavy atom. The van der Waals surface area contributed by atoms with Crippen molar-refractivity contribution in [2.24, 2.45) is 0 Å². The van der Waals surface area contributed by atoms with E-state index in [2.05, 4.69) is 25.4 Å². The van der Waals surface area contributed by atoms with E-state index in [0.717, 1.165) is 18.5 Å². The second kappa shape index (κ2) is 9.22. The van der Waals surface area contributed by atoms with Gasteiger partial charge in [0.1, 0.15) is 23.0 Å². The monoisotopic (exact) mass is 461 g/mol. The average Bonchev–Trinajstić information content (AvgIpc) is 3.44. The van der Waals surface area contributed by atoms with Gasteiger partial charge in [0.2, 0.25) is 5.95 Å². The topological polar surface area (TPSA) is 102 Å². The van der Waals surface area contributed by atoms with E-state index in [9.17, 15) is 13.2 Å². The van der Waals surface area contributed by atoms with Crippen LogP contribution in [0.15, 0.2) is 24.4 Å². The van der Waals surface area contributed by atoms with Crippen LogP contribution in [0.25, 0.3) is 27.9 Å². The molecule has 1 fully saturated rings. The summed E-state index contributed by atoms with van der Waals surface area (Å²) in [6, 6.07) is 5.40. The molecule has 4 aromatic rings. The molecule has 4 aromatic heterocycles. The molecule has 1 aliphatic heterocycles. The maximum absolute atomic E-state index is 12.9. The predicted octanol–water partition coefficient (Wildman–Crippen LogP) is 3.00. The van der Waals surface area contributed by atoms with Crippen LogP contribution in [-0.2, 0) is 6.54 Å². The van der Waals surface area contributed by atoms with Crippen molar-refractivity contribution in [2.45, 2.75) is 32.5 Å². The van der Waals surface area contributed by atoms with Crippen LogP contribution in [0.3, 0.4) is 0 Å². The van der Waals surface area contributed by atoms with E-state index in [1.807, 2.05) is 18.0 Å². The number of anilines is 2. The molecule has 1 atom stereocenters. The molecule has 0 bridgehead atoms. The molecule has 0 aromatic carbocycles. The molecule has 0 spiro atoms. The molecular formula is C21H26F3N9. The first-order valence-electron chi connectivity index (χ1n) is 10.5. The minimum atomic E-state index is -2.49. The van der Waals surface area contributed by atoms with Crippen LogP contribution in [0, 0.1) is 6.92 Å². The summed E-state index contributed by atoms with van der Waals surface area (Å²) in [5.74, 6) is 1.19. The second-order valence-electron chi connectivity index (χ2n) is 7.94. The van der Waals surface area contributed by atoms with Gasteiger partial charge in [-0.15, -0.1) is 5.10 Å². The number of likely N-dealkylation sites (tertiary alicyclic amines) is 1. The number of rotatable bonds is 4. The van der Waals surface area contributed by atoms with Crippen molar-refractivity contribution in [3.05, 3.63) is 30.2 Å². The summed E-state index contributed by atoms with van der Waals surface area (Å²) < 4.78 is 41.0. The van der Waals surface area contributed by atoms with Crippen molar-refractivity contribution in [1.29, 1.82) is 0 Å². The zero-order valence-electron chi connectivity index (χ0n) is 18.6. The van der Waals surface area contributed by atoms with E-state index >= 15 is 0 Å². The molecule has 0 radical (unpaired) electrons. The van der Waals surface area contributed by atoms with Crippen LogP contribution >= 0.6 is 0 Å². The van der Waals surface area contributed by atoms with E-state index in [-0.39, 0.29) is 5.95 Å². The van der Waals surface area contributed by atoms with Crippen LogP contribution in [-0.4, -0.2) is 73.8 Å². The van der Waals surface area contributed by atoms with Gasteiger partial charge in [-0.3, -0.25) is 0 Å². The van der Waals surface area contributed by atoms with Gasteiger partial charge in [-0.05, 0) is 38.6 Å². The minimum absolute atomic E-state index is 0.137. The van der Waals surface area contributed by atoms with Gasteiger partial charge in [0.25, 0.3) is 6.43 Å². The molecule has 176 valence electrons. The maximum atomic E-state index is 12.9. The average molecular weight is 461 g/mol. The number of aryl methyl sites for hydroxylation is 1. The molecule has 9 nitrogen and oxygen atoms in total. The van der Waals surface area contributed by atoms with Gasteiger partial charge in [0.05, 0.1) is 12.2 Å². The van der Waals surface area contributed by atoms with Gasteiger partial charge in [-0.25, -0.2) is 27.7 Å². The quantitative estimate of drug-likeness (QED) is 0.482. The van der Waals surface area contributed by atoms with Gasteiger partial charge in [0, 0.05) is 31.9 Å². The van der Waals surface area contributed by atoms with Crippen molar-refractivity contribution in [1.82, 2.24) is 34.0 Å². The number of halogens is 3. The van der Waals surface area contributed by atoms with E-state index in [1.54, 1.807) is 36.8 Å². The third kappa shape index (κ3) is 4.70. The zero-order chi connectivity index (χ0) is 23.7. The van der Waals surface area contributed by atoms with Crippen molar-refractivity contribution < 1.29 is 13.2 Å². The van der Waals surface area contributed by atoms with Crippen LogP contribution in [0.5, 0.6) is 0 Å². The molecule has 0 saturated carbocycles. The molecule has 33 heavy (non-hydrogen) atoms. The van der Waals surface area contributed by atoms with Crippen molar-refractivity contribution >= 4 is 28.4 Å². The molecule has 0 amide bonds. The molecule has 5 rings (SSSR count). The fourth-order valence-electron chi connectivity index (χ4n) is 3.93. The fraction of sp³-hybridized carbons (Fsp3) is 0.429. The molecule has 3 N–H and O–H groups in total. The molecule has 5 heterocycles. The lowest BCUT2D eigenvalue weighted by molar-refractivity contribution is 0.127. The Balaban J connectivity index is 0.000000318. The van der Waals surface area contributed by atoms with Crippen LogP contribution in [0.2, 0.25) is 0 Å². The number of nitrogen functional groups attached to an aromatic ring is 1. The highest BCUT2D eigenvalue weighted by molar-refractivity contribution is 5.89. The van der Waals surface area contributed by atoms with Gasteiger partial charge in [-0.2, -0.15) is 4.98 Å². The molecule has 0 unspecified atom stereocenters. The van der Waals surface area contributed by atoms with E-state index in [1.165, 1.54) is 4.57 Å². The fourth-order valence-corrected chi connectivity index (χ4v) is 3.93. The van der Waals surface area contributed by atoms with Crippen molar-refractivity contribution in [3.8, 4) is 11.3 Å². The lowest BCUT2D eigenvalue weighted by Gasteiger charge is -2.08. The smallest absolute Gasteiger partial charge is 0.256 e. The van der Waals surface area contributed by atoms with Gasteiger partial charge in [-0.1, -0.05) is 0 Å². The summed E-state index contributed by atoms with van der Waals surface area (Å²) in [6.45, 7) is 2.81. The maximum Gasteiger partial charge on any atom is 0.256 e. The number of pyridine rings is 1. The number of nitrogens with zero attached hydrogens (tertiary/aromatic N) is 7. The summed E-state index contributed by atoms with van der Waals surface area (Å²) in [7, 11) is 3.68. The number of hydrogen-bond donors (Lipinski definition) is 2. The lowest BCUT2D eigenvalue weighted by Crippen LogP contribution is -2.13. The Labute approximate surface area is 188 Å². The molecule has 12 heteroatoms. The zero-order valence-corrected chi connectivity index (χ0v) is 18.6. The number of nitrogens with two attached hydrogens (primary N) is 1. The first kappa shape index (κ1) is 22.8. The largest absolute Gasteiger partial charge is 0.371 e. The molecule has 1 saturated heterocycles. The summed E-state index contributed by atoms with van der Waals surface area (Å²) in [5, 5.41) is 7.14. The first-order chi connectivity index (χ1) is 15.8. The number of fused-ring (bicyclic) bond motifs is 2. The molecular weight excluding hydrogens is 435 g/mol. The van der Waals surface area contributed by atoms with Gasteiger partial charge < -0.3 is 20.5 Å². The minimum Gasteiger partial charge on any atom is -0.371 e. The van der Waals surface area contributed by atoms with E-state index in [0.29, 0.717) is 40.6 Å². The van der Waals surface area contributed by atoms with Gasteiger partial charge >= 0.3 is 0 Å². The van der Waals surface area contributed by atoms with E-state index in [4.69, 9.17) is 5.73 Å². The summed E-state index contributed by atoms with van der Waals surface area (Å²) in [6.07, 6.45) is -0.558. The summed E-state index contributed by atoms with van der Waals surface area (Å²) in [5.41, 5.74) is 8.78. The highest BCUT2D eigenvalue weighted by Gasteiger charge is 2.18.